The fourth-order valence-corrected chi connectivity index (χ4v) is 4.06. The second kappa shape index (κ2) is 10.7. The van der Waals surface area contributed by atoms with Crippen molar-refractivity contribution in [2.75, 3.05) is 39.3 Å². The van der Waals surface area contributed by atoms with Gasteiger partial charge in [-0.1, -0.05) is 30.3 Å². The molecular weight excluding hydrogens is 480 g/mol. The van der Waals surface area contributed by atoms with Gasteiger partial charge >= 0.3 is 6.18 Å². The Balaban J connectivity index is 0.00000280. The summed E-state index contributed by atoms with van der Waals surface area (Å²) in [4.78, 5) is 8.34. The Bertz CT molecular complexity index is 624. The molecule has 1 N–H and O–H groups in total. The molecule has 2 fully saturated rings. The standard InChI is InChI=1S/C20H29F3N4.HI/c1-2-24-19(25-18-9-10-26(14-18)15-20(21,22)23)27-11-8-17(13-27)12-16-6-4-3-5-7-16;/h3-7,17-18H,2,8-15H2,1H3,(H,24,25);1H. The fraction of sp³-hybridized carbons (Fsp3) is 0.650. The second-order valence-corrected chi connectivity index (χ2v) is 7.57. The average molecular weight is 510 g/mol. The zero-order valence-corrected chi connectivity index (χ0v) is 18.6. The number of hydrogen-bond acceptors (Lipinski definition) is 2. The zero-order chi connectivity index (χ0) is 19.3. The average Bonchev–Trinajstić information content (AvgIpc) is 3.23. The minimum absolute atomic E-state index is 0. The first kappa shape index (κ1) is 23.3. The van der Waals surface area contributed by atoms with Crippen LogP contribution in [0.5, 0.6) is 0 Å². The molecule has 0 saturated carbocycles. The zero-order valence-electron chi connectivity index (χ0n) is 16.3. The van der Waals surface area contributed by atoms with E-state index in [0.717, 1.165) is 38.3 Å². The minimum Gasteiger partial charge on any atom is -0.352 e. The molecule has 0 radical (unpaired) electrons. The van der Waals surface area contributed by atoms with Gasteiger partial charge in [-0.2, -0.15) is 13.2 Å². The fourth-order valence-electron chi connectivity index (χ4n) is 4.06. The highest BCUT2D eigenvalue weighted by Crippen LogP contribution is 2.22. The number of likely N-dealkylation sites (tertiary alicyclic amines) is 2. The van der Waals surface area contributed by atoms with E-state index in [1.807, 2.05) is 13.0 Å². The Morgan fingerprint density at radius 3 is 2.57 bits per heavy atom. The SMILES string of the molecule is CCN=C(NC1CCN(CC(F)(F)F)C1)N1CCC(Cc2ccccc2)C1.I. The van der Waals surface area contributed by atoms with Crippen LogP contribution in [0.4, 0.5) is 13.2 Å². The molecular formula is C20H30F3IN4. The van der Waals surface area contributed by atoms with Crippen molar-refractivity contribution in [1.82, 2.24) is 15.1 Å². The van der Waals surface area contributed by atoms with Crippen LogP contribution in [0, 0.1) is 5.92 Å². The summed E-state index contributed by atoms with van der Waals surface area (Å²) in [6.45, 7) is 4.62. The lowest BCUT2D eigenvalue weighted by molar-refractivity contribution is -0.143. The molecule has 3 rings (SSSR count). The van der Waals surface area contributed by atoms with Gasteiger partial charge in [0.15, 0.2) is 5.96 Å². The van der Waals surface area contributed by atoms with E-state index in [-0.39, 0.29) is 30.0 Å². The van der Waals surface area contributed by atoms with Crippen molar-refractivity contribution in [3.05, 3.63) is 35.9 Å². The lowest BCUT2D eigenvalue weighted by Gasteiger charge is -2.25. The van der Waals surface area contributed by atoms with Gasteiger partial charge in [0, 0.05) is 38.8 Å². The summed E-state index contributed by atoms with van der Waals surface area (Å²) in [5.41, 5.74) is 1.35. The maximum Gasteiger partial charge on any atom is 0.401 e. The Morgan fingerprint density at radius 2 is 1.89 bits per heavy atom. The Labute approximate surface area is 182 Å². The van der Waals surface area contributed by atoms with Crippen LogP contribution < -0.4 is 5.32 Å². The first-order valence-electron chi connectivity index (χ1n) is 9.82. The number of halogens is 4. The smallest absolute Gasteiger partial charge is 0.352 e. The van der Waals surface area contributed by atoms with Gasteiger partial charge in [-0.25, -0.2) is 0 Å². The lowest BCUT2D eigenvalue weighted by atomic mass is 9.99. The Morgan fingerprint density at radius 1 is 1.14 bits per heavy atom. The molecule has 2 aliphatic heterocycles. The van der Waals surface area contributed by atoms with Gasteiger partial charge in [-0.15, -0.1) is 24.0 Å². The number of aliphatic imine (C=N–C) groups is 1. The van der Waals surface area contributed by atoms with Gasteiger partial charge in [0.25, 0.3) is 0 Å². The largest absolute Gasteiger partial charge is 0.401 e. The van der Waals surface area contributed by atoms with Gasteiger partial charge in [-0.05, 0) is 37.7 Å². The first-order valence-corrected chi connectivity index (χ1v) is 9.82. The van der Waals surface area contributed by atoms with Crippen LogP contribution in [-0.2, 0) is 6.42 Å². The molecule has 4 nitrogen and oxygen atoms in total. The van der Waals surface area contributed by atoms with E-state index in [2.05, 4.69) is 39.5 Å². The molecule has 1 aromatic carbocycles. The number of rotatable bonds is 5. The van der Waals surface area contributed by atoms with Crippen LogP contribution in [0.1, 0.15) is 25.3 Å². The quantitative estimate of drug-likeness (QED) is 0.372. The third-order valence-corrected chi connectivity index (χ3v) is 5.27. The minimum atomic E-state index is -4.13. The molecule has 0 aromatic heterocycles. The molecule has 158 valence electrons. The lowest BCUT2D eigenvalue weighted by Crippen LogP contribution is -2.46. The summed E-state index contributed by atoms with van der Waals surface area (Å²) in [6, 6.07) is 10.5. The molecule has 0 amide bonds. The van der Waals surface area contributed by atoms with Crippen molar-refractivity contribution in [2.24, 2.45) is 10.9 Å². The molecule has 2 saturated heterocycles. The van der Waals surface area contributed by atoms with Crippen LogP contribution >= 0.6 is 24.0 Å². The summed E-state index contributed by atoms with van der Waals surface area (Å²) in [6.07, 6.45) is -1.24. The maximum absolute atomic E-state index is 12.6. The van der Waals surface area contributed by atoms with Gasteiger partial charge in [0.05, 0.1) is 6.54 Å². The van der Waals surface area contributed by atoms with E-state index in [0.29, 0.717) is 25.6 Å². The molecule has 2 unspecified atom stereocenters. The Kier molecular flexibility index (Phi) is 8.85. The topological polar surface area (TPSA) is 30.9 Å². The van der Waals surface area contributed by atoms with Gasteiger partial charge in [-0.3, -0.25) is 9.89 Å². The molecule has 28 heavy (non-hydrogen) atoms. The molecule has 2 aliphatic rings. The van der Waals surface area contributed by atoms with Crippen LogP contribution in [0.2, 0.25) is 0 Å². The van der Waals surface area contributed by atoms with Gasteiger partial charge in [0.1, 0.15) is 0 Å². The van der Waals surface area contributed by atoms with E-state index in [9.17, 15) is 13.2 Å². The van der Waals surface area contributed by atoms with Gasteiger partial charge in [0.2, 0.25) is 0 Å². The number of guanidine groups is 1. The molecule has 0 spiro atoms. The van der Waals surface area contributed by atoms with Crippen molar-refractivity contribution in [1.29, 1.82) is 0 Å². The van der Waals surface area contributed by atoms with E-state index in [1.54, 1.807) is 0 Å². The highest BCUT2D eigenvalue weighted by atomic mass is 127. The van der Waals surface area contributed by atoms with E-state index in [1.165, 1.54) is 10.5 Å². The normalized spacial score (nSPS) is 23.7. The third-order valence-electron chi connectivity index (χ3n) is 5.27. The number of nitrogens with zero attached hydrogens (tertiary/aromatic N) is 3. The van der Waals surface area contributed by atoms with Gasteiger partial charge < -0.3 is 10.2 Å². The monoisotopic (exact) mass is 510 g/mol. The van der Waals surface area contributed by atoms with Crippen molar-refractivity contribution < 1.29 is 13.2 Å². The third kappa shape index (κ3) is 7.09. The second-order valence-electron chi connectivity index (χ2n) is 7.57. The van der Waals surface area contributed by atoms with Crippen LogP contribution in [-0.4, -0.2) is 67.2 Å². The van der Waals surface area contributed by atoms with E-state index >= 15 is 0 Å². The van der Waals surface area contributed by atoms with Crippen LogP contribution in [0.15, 0.2) is 35.3 Å². The molecule has 8 heteroatoms. The summed E-state index contributed by atoms with van der Waals surface area (Å²) < 4.78 is 37.8. The molecule has 0 bridgehead atoms. The number of alkyl halides is 3. The summed E-state index contributed by atoms with van der Waals surface area (Å²) in [5, 5.41) is 3.43. The predicted molar refractivity (Wildman–Crippen MR) is 117 cm³/mol. The summed E-state index contributed by atoms with van der Waals surface area (Å²) in [7, 11) is 0. The predicted octanol–water partition coefficient (Wildman–Crippen LogP) is 3.77. The van der Waals surface area contributed by atoms with E-state index in [4.69, 9.17) is 0 Å². The van der Waals surface area contributed by atoms with Crippen LogP contribution in [0.3, 0.4) is 0 Å². The highest BCUT2D eigenvalue weighted by Gasteiger charge is 2.35. The van der Waals surface area contributed by atoms with Crippen molar-refractivity contribution >= 4 is 29.9 Å². The summed E-state index contributed by atoms with van der Waals surface area (Å²) in [5.74, 6) is 1.44. The molecule has 1 aromatic rings. The molecule has 2 heterocycles. The molecule has 2 atom stereocenters. The maximum atomic E-state index is 12.6. The number of hydrogen-bond donors (Lipinski definition) is 1. The van der Waals surface area contributed by atoms with Crippen molar-refractivity contribution in [3.8, 4) is 0 Å². The highest BCUT2D eigenvalue weighted by molar-refractivity contribution is 14.0. The summed E-state index contributed by atoms with van der Waals surface area (Å²) >= 11 is 0. The number of benzene rings is 1. The van der Waals surface area contributed by atoms with Crippen molar-refractivity contribution in [2.45, 2.75) is 38.4 Å². The first-order chi connectivity index (χ1) is 12.9. The molecule has 0 aliphatic carbocycles. The van der Waals surface area contributed by atoms with Crippen molar-refractivity contribution in [3.63, 3.8) is 0 Å². The van der Waals surface area contributed by atoms with E-state index < -0.39 is 12.7 Å². The number of nitrogens with one attached hydrogen (secondary N) is 1. The van der Waals surface area contributed by atoms with Crippen LogP contribution in [0.25, 0.3) is 0 Å². The Hall–Kier alpha value is -1.03.